The Hall–Kier alpha value is -2.11. The molecule has 6 heteroatoms. The minimum atomic E-state index is -0.834. The summed E-state index contributed by atoms with van der Waals surface area (Å²) in [5, 5.41) is 14.3. The number of aromatic nitrogens is 1. The zero-order valence-electron chi connectivity index (χ0n) is 9.47. The summed E-state index contributed by atoms with van der Waals surface area (Å²) in [7, 11) is 0. The molecule has 6 nitrogen and oxygen atoms in total. The number of nitrogens with zero attached hydrogens (tertiary/aromatic N) is 2. The molecule has 1 aromatic rings. The van der Waals surface area contributed by atoms with Crippen LogP contribution in [0.5, 0.6) is 0 Å². The molecule has 1 saturated carbocycles. The highest BCUT2D eigenvalue weighted by molar-refractivity contribution is 6.14. The van der Waals surface area contributed by atoms with Crippen LogP contribution in [0.2, 0.25) is 0 Å². The van der Waals surface area contributed by atoms with Gasteiger partial charge in [-0.05, 0) is 31.9 Å². The molecule has 0 aromatic carbocycles. The molecule has 1 fully saturated rings. The van der Waals surface area contributed by atoms with E-state index in [-0.39, 0.29) is 11.7 Å². The Labute approximate surface area is 98.5 Å². The lowest BCUT2D eigenvalue weighted by atomic mass is 10.1. The lowest BCUT2D eigenvalue weighted by Crippen LogP contribution is -2.36. The van der Waals surface area contributed by atoms with Crippen molar-refractivity contribution < 1.29 is 10.0 Å². The van der Waals surface area contributed by atoms with E-state index >= 15 is 0 Å². The predicted octanol–water partition coefficient (Wildman–Crippen LogP) is 0.855. The van der Waals surface area contributed by atoms with Gasteiger partial charge in [-0.3, -0.25) is 9.78 Å². The Bertz CT molecular complexity index is 463. The Morgan fingerprint density at radius 3 is 2.76 bits per heavy atom. The Morgan fingerprint density at radius 1 is 1.59 bits per heavy atom. The molecule has 2 rings (SSSR count). The molecule has 0 bridgehead atoms. The van der Waals surface area contributed by atoms with Crippen LogP contribution in [-0.4, -0.2) is 21.9 Å². The molecule has 4 N–H and O–H groups in total. The summed E-state index contributed by atoms with van der Waals surface area (Å²) in [5.41, 5.74) is 6.17. The topological polar surface area (TPSA) is 101 Å². The van der Waals surface area contributed by atoms with Crippen LogP contribution in [0.15, 0.2) is 23.5 Å². The van der Waals surface area contributed by atoms with Gasteiger partial charge in [0.1, 0.15) is 5.41 Å². The van der Waals surface area contributed by atoms with Crippen molar-refractivity contribution in [3.05, 3.63) is 24.0 Å². The number of hydrogen-bond acceptors (Lipinski definition) is 4. The minimum absolute atomic E-state index is 0.0323. The van der Waals surface area contributed by atoms with Gasteiger partial charge in [0.05, 0.1) is 11.9 Å². The van der Waals surface area contributed by atoms with Gasteiger partial charge in [0, 0.05) is 5.69 Å². The zero-order chi connectivity index (χ0) is 12.5. The van der Waals surface area contributed by atoms with E-state index in [1.807, 2.05) is 6.92 Å². The van der Waals surface area contributed by atoms with Crippen molar-refractivity contribution in [1.29, 1.82) is 0 Å². The molecule has 0 spiro atoms. The Kier molecular flexibility index (Phi) is 2.71. The third kappa shape index (κ3) is 2.06. The fourth-order valence-electron chi connectivity index (χ4n) is 1.61. The van der Waals surface area contributed by atoms with Gasteiger partial charge in [0.2, 0.25) is 5.91 Å². The smallest absolute Gasteiger partial charge is 0.238 e. The largest absolute Gasteiger partial charge is 0.409 e. The number of carbonyl (C=O) groups excluding carboxylic acids is 1. The summed E-state index contributed by atoms with van der Waals surface area (Å²) in [6.07, 6.45) is 2.79. The van der Waals surface area contributed by atoms with Gasteiger partial charge in [-0.15, -0.1) is 0 Å². The van der Waals surface area contributed by atoms with Crippen LogP contribution in [0.25, 0.3) is 0 Å². The summed E-state index contributed by atoms with van der Waals surface area (Å²) in [4.78, 5) is 16.0. The average molecular weight is 234 g/mol. The number of nitrogens with two attached hydrogens (primary N) is 1. The fraction of sp³-hybridized carbons (Fsp3) is 0.364. The van der Waals surface area contributed by atoms with Gasteiger partial charge in [0.25, 0.3) is 0 Å². The second-order valence-electron chi connectivity index (χ2n) is 4.21. The van der Waals surface area contributed by atoms with E-state index in [1.54, 1.807) is 18.3 Å². The van der Waals surface area contributed by atoms with Gasteiger partial charge in [-0.1, -0.05) is 5.16 Å². The molecule has 1 aromatic heterocycles. The number of nitrogens with one attached hydrogen (secondary N) is 1. The molecule has 0 aliphatic heterocycles. The maximum atomic E-state index is 12.0. The Balaban J connectivity index is 2.10. The molecule has 1 amide bonds. The molecule has 0 atom stereocenters. The minimum Gasteiger partial charge on any atom is -0.409 e. The standard InChI is InChI=1S/C11H14N4O2/c1-7-2-3-8(6-13-7)14-10(16)11(4-5-11)9(12)15-17/h2-3,6,17H,4-5H2,1H3,(H2,12,15)(H,14,16). The number of oxime groups is 1. The molecular formula is C11H14N4O2. The van der Waals surface area contributed by atoms with E-state index in [0.717, 1.165) is 5.69 Å². The van der Waals surface area contributed by atoms with Gasteiger partial charge >= 0.3 is 0 Å². The number of hydrogen-bond donors (Lipinski definition) is 3. The first kappa shape index (κ1) is 11.4. The van der Waals surface area contributed by atoms with Gasteiger partial charge in [-0.25, -0.2) is 0 Å². The fourth-order valence-corrected chi connectivity index (χ4v) is 1.61. The first-order valence-electron chi connectivity index (χ1n) is 5.30. The van der Waals surface area contributed by atoms with E-state index in [4.69, 9.17) is 10.9 Å². The molecule has 0 saturated heterocycles. The molecule has 90 valence electrons. The number of amidine groups is 1. The molecule has 0 radical (unpaired) electrons. The zero-order valence-corrected chi connectivity index (χ0v) is 9.47. The molecular weight excluding hydrogens is 220 g/mol. The quantitative estimate of drug-likeness (QED) is 0.312. The van der Waals surface area contributed by atoms with Crippen LogP contribution in [0.3, 0.4) is 0 Å². The van der Waals surface area contributed by atoms with Crippen molar-refractivity contribution in [2.75, 3.05) is 5.32 Å². The van der Waals surface area contributed by atoms with E-state index in [2.05, 4.69) is 15.5 Å². The third-order valence-corrected chi connectivity index (χ3v) is 2.95. The van der Waals surface area contributed by atoms with Crippen molar-refractivity contribution in [2.24, 2.45) is 16.3 Å². The third-order valence-electron chi connectivity index (χ3n) is 2.95. The maximum absolute atomic E-state index is 12.0. The van der Waals surface area contributed by atoms with Crippen LogP contribution in [0, 0.1) is 12.3 Å². The monoisotopic (exact) mass is 234 g/mol. The van der Waals surface area contributed by atoms with Crippen molar-refractivity contribution >= 4 is 17.4 Å². The summed E-state index contributed by atoms with van der Waals surface area (Å²) >= 11 is 0. The number of amides is 1. The average Bonchev–Trinajstić information content (AvgIpc) is 3.12. The lowest BCUT2D eigenvalue weighted by Gasteiger charge is -2.13. The first-order chi connectivity index (χ1) is 8.08. The maximum Gasteiger partial charge on any atom is 0.238 e. The SMILES string of the molecule is Cc1ccc(NC(=O)C2(/C(N)=N/O)CC2)cn1. The molecule has 17 heavy (non-hydrogen) atoms. The van der Waals surface area contributed by atoms with E-state index in [0.29, 0.717) is 18.5 Å². The summed E-state index contributed by atoms with van der Waals surface area (Å²) in [5.74, 6) is -0.284. The van der Waals surface area contributed by atoms with Crippen molar-refractivity contribution in [2.45, 2.75) is 19.8 Å². The number of rotatable bonds is 3. The second kappa shape index (κ2) is 4.04. The van der Waals surface area contributed by atoms with Gasteiger partial charge in [0.15, 0.2) is 5.84 Å². The molecule has 1 aliphatic carbocycles. The van der Waals surface area contributed by atoms with Gasteiger partial charge < -0.3 is 16.3 Å². The van der Waals surface area contributed by atoms with E-state index in [1.165, 1.54) is 0 Å². The Morgan fingerprint density at radius 2 is 2.29 bits per heavy atom. The summed E-state index contributed by atoms with van der Waals surface area (Å²) in [6.45, 7) is 1.87. The van der Waals surface area contributed by atoms with E-state index in [9.17, 15) is 4.79 Å². The van der Waals surface area contributed by atoms with Crippen LogP contribution in [0.1, 0.15) is 18.5 Å². The lowest BCUT2D eigenvalue weighted by molar-refractivity contribution is -0.119. The number of pyridine rings is 1. The highest BCUT2D eigenvalue weighted by Gasteiger charge is 2.54. The highest BCUT2D eigenvalue weighted by atomic mass is 16.4. The van der Waals surface area contributed by atoms with Crippen LogP contribution in [0.4, 0.5) is 5.69 Å². The van der Waals surface area contributed by atoms with Crippen LogP contribution >= 0.6 is 0 Å². The van der Waals surface area contributed by atoms with Crippen molar-refractivity contribution in [3.63, 3.8) is 0 Å². The first-order valence-corrected chi connectivity index (χ1v) is 5.30. The van der Waals surface area contributed by atoms with Crippen LogP contribution in [-0.2, 0) is 4.79 Å². The second-order valence-corrected chi connectivity index (χ2v) is 4.21. The highest BCUT2D eigenvalue weighted by Crippen LogP contribution is 2.46. The van der Waals surface area contributed by atoms with Crippen molar-refractivity contribution in [3.8, 4) is 0 Å². The molecule has 1 aliphatic rings. The predicted molar refractivity (Wildman–Crippen MR) is 62.7 cm³/mol. The van der Waals surface area contributed by atoms with Crippen LogP contribution < -0.4 is 11.1 Å². The normalized spacial score (nSPS) is 17.6. The summed E-state index contributed by atoms with van der Waals surface area (Å²) < 4.78 is 0. The van der Waals surface area contributed by atoms with Crippen molar-refractivity contribution in [1.82, 2.24) is 4.98 Å². The number of carbonyl (C=O) groups is 1. The summed E-state index contributed by atoms with van der Waals surface area (Å²) in [6, 6.07) is 3.57. The number of anilines is 1. The van der Waals surface area contributed by atoms with E-state index < -0.39 is 5.41 Å². The number of aryl methyl sites for hydroxylation is 1. The molecule has 0 unspecified atom stereocenters. The van der Waals surface area contributed by atoms with Gasteiger partial charge in [-0.2, -0.15) is 0 Å². The molecule has 1 heterocycles.